The van der Waals surface area contributed by atoms with Crippen LogP contribution in [0.3, 0.4) is 0 Å². The molecule has 0 aliphatic carbocycles. The Bertz CT molecular complexity index is 195. The van der Waals surface area contributed by atoms with Crippen molar-refractivity contribution in [2.75, 3.05) is 33.2 Å². The van der Waals surface area contributed by atoms with Crippen molar-refractivity contribution in [3.63, 3.8) is 0 Å². The monoisotopic (exact) mass is 186 g/mol. The summed E-state index contributed by atoms with van der Waals surface area (Å²) in [7, 11) is 2.12. The minimum atomic E-state index is 0.289. The molecular weight excluding hydrogens is 168 g/mol. The molecule has 5 nitrogen and oxygen atoms in total. The molecule has 0 aromatic heterocycles. The minimum absolute atomic E-state index is 0.289. The lowest BCUT2D eigenvalue weighted by Crippen LogP contribution is -2.51. The summed E-state index contributed by atoms with van der Waals surface area (Å²) in [6.45, 7) is 5.75. The summed E-state index contributed by atoms with van der Waals surface area (Å²) in [5.41, 5.74) is 5.43. The molecule has 13 heavy (non-hydrogen) atoms. The summed E-state index contributed by atoms with van der Waals surface area (Å²) in [5.74, 6) is 0.289. The number of nitrogens with zero attached hydrogens (tertiary/aromatic N) is 3. The molecule has 1 heterocycles. The Morgan fingerprint density at radius 2 is 2.31 bits per heavy atom. The molecular formula is C8H18N4O. The van der Waals surface area contributed by atoms with E-state index in [0.29, 0.717) is 12.6 Å². The maximum absolute atomic E-state index is 8.41. The highest BCUT2D eigenvalue weighted by molar-refractivity contribution is 5.81. The number of piperazine rings is 1. The lowest BCUT2D eigenvalue weighted by atomic mass is 10.2. The lowest BCUT2D eigenvalue weighted by molar-refractivity contribution is 0.116. The first-order valence-corrected chi connectivity index (χ1v) is 4.52. The Morgan fingerprint density at radius 3 is 2.85 bits per heavy atom. The number of hydrogen-bond donors (Lipinski definition) is 2. The van der Waals surface area contributed by atoms with Crippen LogP contribution in [-0.4, -0.2) is 60.1 Å². The van der Waals surface area contributed by atoms with Crippen LogP contribution < -0.4 is 5.73 Å². The van der Waals surface area contributed by atoms with Gasteiger partial charge in [0.05, 0.1) is 6.54 Å². The van der Waals surface area contributed by atoms with Crippen molar-refractivity contribution >= 4 is 5.84 Å². The molecule has 0 aromatic carbocycles. The van der Waals surface area contributed by atoms with Crippen LogP contribution in [0, 0.1) is 0 Å². The molecule has 0 saturated carbocycles. The molecule has 1 aliphatic heterocycles. The summed E-state index contributed by atoms with van der Waals surface area (Å²) < 4.78 is 0. The molecule has 0 spiro atoms. The smallest absolute Gasteiger partial charge is 0.153 e. The van der Waals surface area contributed by atoms with E-state index in [1.807, 2.05) is 0 Å². The second kappa shape index (κ2) is 4.43. The third-order valence-electron chi connectivity index (χ3n) is 2.56. The van der Waals surface area contributed by atoms with Crippen molar-refractivity contribution in [2.45, 2.75) is 13.0 Å². The molecule has 0 bridgehead atoms. The van der Waals surface area contributed by atoms with E-state index in [1.165, 1.54) is 0 Å². The Kier molecular flexibility index (Phi) is 3.50. The van der Waals surface area contributed by atoms with E-state index < -0.39 is 0 Å². The third-order valence-corrected chi connectivity index (χ3v) is 2.56. The van der Waals surface area contributed by atoms with Crippen LogP contribution in [0.15, 0.2) is 5.16 Å². The van der Waals surface area contributed by atoms with Gasteiger partial charge in [0.15, 0.2) is 5.84 Å². The molecule has 76 valence electrons. The molecule has 5 heteroatoms. The van der Waals surface area contributed by atoms with Crippen LogP contribution in [0.4, 0.5) is 0 Å². The molecule has 1 rings (SSSR count). The van der Waals surface area contributed by atoms with Gasteiger partial charge in [0.25, 0.3) is 0 Å². The first-order valence-electron chi connectivity index (χ1n) is 4.52. The average molecular weight is 186 g/mol. The molecule has 0 radical (unpaired) electrons. The highest BCUT2D eigenvalue weighted by atomic mass is 16.4. The third kappa shape index (κ3) is 2.86. The van der Waals surface area contributed by atoms with Crippen molar-refractivity contribution in [3.05, 3.63) is 0 Å². The van der Waals surface area contributed by atoms with Gasteiger partial charge in [-0.25, -0.2) is 0 Å². The number of likely N-dealkylation sites (N-methyl/N-ethyl adjacent to an activating group) is 1. The van der Waals surface area contributed by atoms with Crippen molar-refractivity contribution in [1.82, 2.24) is 9.80 Å². The van der Waals surface area contributed by atoms with Crippen LogP contribution in [0.5, 0.6) is 0 Å². The van der Waals surface area contributed by atoms with Gasteiger partial charge in [-0.05, 0) is 14.0 Å². The molecule has 1 fully saturated rings. The fourth-order valence-corrected chi connectivity index (χ4v) is 1.53. The molecule has 3 N–H and O–H groups in total. The highest BCUT2D eigenvalue weighted by Crippen LogP contribution is 2.05. The van der Waals surface area contributed by atoms with E-state index >= 15 is 0 Å². The van der Waals surface area contributed by atoms with Gasteiger partial charge < -0.3 is 15.8 Å². The molecule has 1 saturated heterocycles. The van der Waals surface area contributed by atoms with Crippen LogP contribution >= 0.6 is 0 Å². The second-order valence-corrected chi connectivity index (χ2v) is 3.66. The van der Waals surface area contributed by atoms with Crippen molar-refractivity contribution in [2.24, 2.45) is 10.9 Å². The van der Waals surface area contributed by atoms with Gasteiger partial charge in [0.1, 0.15) is 0 Å². The van der Waals surface area contributed by atoms with Gasteiger partial charge in [-0.1, -0.05) is 5.16 Å². The van der Waals surface area contributed by atoms with E-state index in [-0.39, 0.29) is 5.84 Å². The molecule has 1 atom stereocenters. The van der Waals surface area contributed by atoms with E-state index in [1.54, 1.807) is 0 Å². The number of rotatable bonds is 2. The van der Waals surface area contributed by atoms with Crippen LogP contribution in [0.2, 0.25) is 0 Å². The fourth-order valence-electron chi connectivity index (χ4n) is 1.53. The summed E-state index contributed by atoms with van der Waals surface area (Å²) in [6.07, 6.45) is 0. The normalized spacial score (nSPS) is 27.8. The zero-order valence-corrected chi connectivity index (χ0v) is 8.27. The van der Waals surface area contributed by atoms with Gasteiger partial charge in [0, 0.05) is 25.7 Å². The lowest BCUT2D eigenvalue weighted by Gasteiger charge is -2.37. The van der Waals surface area contributed by atoms with Gasteiger partial charge in [-0.2, -0.15) is 0 Å². The van der Waals surface area contributed by atoms with E-state index in [0.717, 1.165) is 19.6 Å². The maximum atomic E-state index is 8.41. The Labute approximate surface area is 78.8 Å². The number of nitrogens with two attached hydrogens (primary N) is 1. The van der Waals surface area contributed by atoms with Gasteiger partial charge in [-0.15, -0.1) is 0 Å². The van der Waals surface area contributed by atoms with Crippen molar-refractivity contribution in [1.29, 1.82) is 0 Å². The minimum Gasteiger partial charge on any atom is -0.409 e. The van der Waals surface area contributed by atoms with E-state index in [9.17, 15) is 0 Å². The van der Waals surface area contributed by atoms with Gasteiger partial charge >= 0.3 is 0 Å². The summed E-state index contributed by atoms with van der Waals surface area (Å²) in [4.78, 5) is 4.50. The SMILES string of the molecule is CC1CN(CC(N)=NO)CCN1C. The largest absolute Gasteiger partial charge is 0.409 e. The Hall–Kier alpha value is -0.810. The topological polar surface area (TPSA) is 65.1 Å². The standard InChI is InChI=1S/C8H18N4O/c1-7-5-12(4-3-11(7)2)6-8(9)10-13/h7,13H,3-6H2,1-2H3,(H2,9,10). The molecule has 0 aromatic rings. The van der Waals surface area contributed by atoms with Crippen LogP contribution in [0.25, 0.3) is 0 Å². The maximum Gasteiger partial charge on any atom is 0.153 e. The zero-order valence-electron chi connectivity index (χ0n) is 8.27. The number of amidine groups is 1. The predicted molar refractivity (Wildman–Crippen MR) is 51.9 cm³/mol. The van der Waals surface area contributed by atoms with E-state index in [2.05, 4.69) is 28.9 Å². The first kappa shape index (κ1) is 10.3. The summed E-state index contributed by atoms with van der Waals surface area (Å²) in [6, 6.07) is 0.542. The molecule has 0 amide bonds. The van der Waals surface area contributed by atoms with Gasteiger partial charge in [0.2, 0.25) is 0 Å². The van der Waals surface area contributed by atoms with Crippen molar-refractivity contribution < 1.29 is 5.21 Å². The van der Waals surface area contributed by atoms with Crippen LogP contribution in [0.1, 0.15) is 6.92 Å². The Balaban J connectivity index is 2.37. The quantitative estimate of drug-likeness (QED) is 0.261. The summed E-state index contributed by atoms with van der Waals surface area (Å²) in [5, 5.41) is 11.4. The van der Waals surface area contributed by atoms with Crippen LogP contribution in [-0.2, 0) is 0 Å². The molecule has 1 unspecified atom stereocenters. The Morgan fingerprint density at radius 1 is 1.62 bits per heavy atom. The fraction of sp³-hybridized carbons (Fsp3) is 0.875. The average Bonchev–Trinajstić information content (AvgIpc) is 2.11. The number of oxime groups is 1. The molecule has 1 aliphatic rings. The highest BCUT2D eigenvalue weighted by Gasteiger charge is 2.20. The van der Waals surface area contributed by atoms with Crippen molar-refractivity contribution in [3.8, 4) is 0 Å². The number of hydrogen-bond acceptors (Lipinski definition) is 4. The first-order chi connectivity index (χ1) is 6.13. The zero-order chi connectivity index (χ0) is 9.84. The van der Waals surface area contributed by atoms with Gasteiger partial charge in [-0.3, -0.25) is 4.90 Å². The second-order valence-electron chi connectivity index (χ2n) is 3.66. The predicted octanol–water partition coefficient (Wildman–Crippen LogP) is -0.631. The van der Waals surface area contributed by atoms with E-state index in [4.69, 9.17) is 10.9 Å². The summed E-state index contributed by atoms with van der Waals surface area (Å²) >= 11 is 0.